The number of benzene rings is 2. The van der Waals surface area contributed by atoms with E-state index < -0.39 is 0 Å². The molecule has 0 unspecified atom stereocenters. The summed E-state index contributed by atoms with van der Waals surface area (Å²) in [5, 5.41) is 4.03. The highest BCUT2D eigenvalue weighted by molar-refractivity contribution is 6.31. The van der Waals surface area contributed by atoms with Gasteiger partial charge in [0, 0.05) is 17.1 Å². The summed E-state index contributed by atoms with van der Waals surface area (Å²) in [6.45, 7) is 0.647. The fourth-order valence-corrected chi connectivity index (χ4v) is 2.20. The van der Waals surface area contributed by atoms with Crippen LogP contribution in [-0.4, -0.2) is 9.97 Å². The molecule has 1 aromatic heterocycles. The standard InChI is InChI=1S/C17H14ClN3/c18-16-9-5-4-8-14(16)10-19-15-11-20-17(21-12-15)13-6-2-1-3-7-13/h1-9,11-12,19H,10H2. The van der Waals surface area contributed by atoms with Gasteiger partial charge in [-0.2, -0.15) is 0 Å². The third kappa shape index (κ3) is 3.38. The number of nitrogens with zero attached hydrogens (tertiary/aromatic N) is 2. The lowest BCUT2D eigenvalue weighted by Gasteiger charge is -2.08. The SMILES string of the molecule is Clc1ccccc1CNc1cnc(-c2ccccc2)nc1. The Hall–Kier alpha value is -2.39. The average molecular weight is 296 g/mol. The number of anilines is 1. The Kier molecular flexibility index (Phi) is 4.12. The molecule has 21 heavy (non-hydrogen) atoms. The molecule has 0 bridgehead atoms. The molecule has 0 atom stereocenters. The molecule has 3 nitrogen and oxygen atoms in total. The zero-order valence-electron chi connectivity index (χ0n) is 11.3. The maximum atomic E-state index is 6.12. The van der Waals surface area contributed by atoms with Crippen molar-refractivity contribution in [1.29, 1.82) is 0 Å². The summed E-state index contributed by atoms with van der Waals surface area (Å²) in [6.07, 6.45) is 3.57. The van der Waals surface area contributed by atoms with Gasteiger partial charge in [-0.25, -0.2) is 9.97 Å². The fourth-order valence-electron chi connectivity index (χ4n) is 1.99. The molecular weight excluding hydrogens is 282 g/mol. The van der Waals surface area contributed by atoms with Crippen molar-refractivity contribution in [2.45, 2.75) is 6.54 Å². The second-order valence-electron chi connectivity index (χ2n) is 4.61. The van der Waals surface area contributed by atoms with Gasteiger partial charge in [0.2, 0.25) is 0 Å². The van der Waals surface area contributed by atoms with E-state index in [1.54, 1.807) is 12.4 Å². The molecule has 0 amide bonds. The molecule has 0 saturated carbocycles. The molecule has 3 aromatic rings. The topological polar surface area (TPSA) is 37.8 Å². The number of rotatable bonds is 4. The van der Waals surface area contributed by atoms with Crippen molar-refractivity contribution in [1.82, 2.24) is 9.97 Å². The predicted molar refractivity (Wildman–Crippen MR) is 86.2 cm³/mol. The molecule has 0 aliphatic rings. The van der Waals surface area contributed by atoms with E-state index in [9.17, 15) is 0 Å². The molecule has 0 aliphatic heterocycles. The van der Waals surface area contributed by atoms with Gasteiger partial charge in [0.1, 0.15) is 0 Å². The van der Waals surface area contributed by atoms with Crippen LogP contribution in [-0.2, 0) is 6.54 Å². The van der Waals surface area contributed by atoms with Crippen LogP contribution in [0, 0.1) is 0 Å². The molecule has 0 saturated heterocycles. The van der Waals surface area contributed by atoms with Crippen molar-refractivity contribution in [3.8, 4) is 11.4 Å². The lowest BCUT2D eigenvalue weighted by molar-refractivity contribution is 1.11. The average Bonchev–Trinajstić information content (AvgIpc) is 2.55. The number of aromatic nitrogens is 2. The van der Waals surface area contributed by atoms with Crippen LogP contribution in [0.4, 0.5) is 5.69 Å². The van der Waals surface area contributed by atoms with Crippen LogP contribution in [0.25, 0.3) is 11.4 Å². The molecule has 0 radical (unpaired) electrons. The first-order chi connectivity index (χ1) is 10.3. The minimum absolute atomic E-state index is 0.647. The summed E-state index contributed by atoms with van der Waals surface area (Å²) >= 11 is 6.12. The molecule has 1 N–H and O–H groups in total. The highest BCUT2D eigenvalue weighted by atomic mass is 35.5. The molecular formula is C17H14ClN3. The second-order valence-corrected chi connectivity index (χ2v) is 5.01. The minimum Gasteiger partial charge on any atom is -0.378 e. The van der Waals surface area contributed by atoms with Crippen LogP contribution < -0.4 is 5.32 Å². The van der Waals surface area contributed by atoms with Crippen LogP contribution in [0.3, 0.4) is 0 Å². The van der Waals surface area contributed by atoms with Gasteiger partial charge in [-0.15, -0.1) is 0 Å². The van der Waals surface area contributed by atoms with Gasteiger partial charge in [0.05, 0.1) is 18.1 Å². The number of hydrogen-bond donors (Lipinski definition) is 1. The Labute approximate surface area is 128 Å². The van der Waals surface area contributed by atoms with Gasteiger partial charge in [0.15, 0.2) is 5.82 Å². The van der Waals surface area contributed by atoms with E-state index in [4.69, 9.17) is 11.6 Å². The highest BCUT2D eigenvalue weighted by Gasteiger charge is 2.02. The van der Waals surface area contributed by atoms with E-state index in [0.717, 1.165) is 27.7 Å². The lowest BCUT2D eigenvalue weighted by Crippen LogP contribution is -2.01. The summed E-state index contributed by atoms with van der Waals surface area (Å²) < 4.78 is 0. The molecule has 0 aliphatic carbocycles. The first-order valence-electron chi connectivity index (χ1n) is 6.68. The smallest absolute Gasteiger partial charge is 0.159 e. The summed E-state index contributed by atoms with van der Waals surface area (Å²) in [6, 6.07) is 17.7. The molecule has 0 spiro atoms. The Morgan fingerprint density at radius 3 is 2.24 bits per heavy atom. The third-order valence-corrected chi connectivity index (χ3v) is 3.49. The van der Waals surface area contributed by atoms with Crippen LogP contribution in [0.15, 0.2) is 67.0 Å². The predicted octanol–water partition coefficient (Wildman–Crippen LogP) is 4.41. The first kappa shape index (κ1) is 13.6. The molecule has 1 heterocycles. The maximum Gasteiger partial charge on any atom is 0.159 e. The van der Waals surface area contributed by atoms with Crippen molar-refractivity contribution in [2.75, 3.05) is 5.32 Å². The van der Waals surface area contributed by atoms with Crippen molar-refractivity contribution in [3.63, 3.8) is 0 Å². The van der Waals surface area contributed by atoms with E-state index in [1.165, 1.54) is 0 Å². The van der Waals surface area contributed by atoms with E-state index in [-0.39, 0.29) is 0 Å². The van der Waals surface area contributed by atoms with Crippen LogP contribution in [0.2, 0.25) is 5.02 Å². The van der Waals surface area contributed by atoms with Crippen LogP contribution in [0.1, 0.15) is 5.56 Å². The van der Waals surface area contributed by atoms with E-state index >= 15 is 0 Å². The zero-order valence-corrected chi connectivity index (χ0v) is 12.1. The van der Waals surface area contributed by atoms with Crippen molar-refractivity contribution in [3.05, 3.63) is 77.6 Å². The Balaban J connectivity index is 1.69. The number of halogens is 1. The zero-order chi connectivity index (χ0) is 14.5. The van der Waals surface area contributed by atoms with Gasteiger partial charge >= 0.3 is 0 Å². The quantitative estimate of drug-likeness (QED) is 0.775. The summed E-state index contributed by atoms with van der Waals surface area (Å²) in [5.74, 6) is 0.721. The Bertz CT molecular complexity index is 712. The highest BCUT2D eigenvalue weighted by Crippen LogP contribution is 2.18. The lowest BCUT2D eigenvalue weighted by atomic mass is 10.2. The Morgan fingerprint density at radius 1 is 0.857 bits per heavy atom. The number of nitrogens with one attached hydrogen (secondary N) is 1. The monoisotopic (exact) mass is 295 g/mol. The van der Waals surface area contributed by atoms with Gasteiger partial charge in [-0.3, -0.25) is 0 Å². The van der Waals surface area contributed by atoms with E-state index in [1.807, 2.05) is 54.6 Å². The third-order valence-electron chi connectivity index (χ3n) is 3.12. The van der Waals surface area contributed by atoms with Gasteiger partial charge < -0.3 is 5.32 Å². The largest absolute Gasteiger partial charge is 0.378 e. The fraction of sp³-hybridized carbons (Fsp3) is 0.0588. The molecule has 0 fully saturated rings. The van der Waals surface area contributed by atoms with Crippen LogP contribution in [0.5, 0.6) is 0 Å². The summed E-state index contributed by atoms with van der Waals surface area (Å²) in [7, 11) is 0. The van der Waals surface area contributed by atoms with Crippen molar-refractivity contribution in [2.24, 2.45) is 0 Å². The Morgan fingerprint density at radius 2 is 1.52 bits per heavy atom. The van der Waals surface area contributed by atoms with E-state index in [0.29, 0.717) is 6.54 Å². The van der Waals surface area contributed by atoms with Gasteiger partial charge in [-0.1, -0.05) is 60.1 Å². The minimum atomic E-state index is 0.647. The van der Waals surface area contributed by atoms with Crippen LogP contribution >= 0.6 is 11.6 Å². The van der Waals surface area contributed by atoms with Gasteiger partial charge in [0.25, 0.3) is 0 Å². The van der Waals surface area contributed by atoms with Gasteiger partial charge in [-0.05, 0) is 11.6 Å². The second kappa shape index (κ2) is 6.37. The molecule has 3 rings (SSSR count). The van der Waals surface area contributed by atoms with E-state index in [2.05, 4.69) is 15.3 Å². The normalized spacial score (nSPS) is 10.3. The number of hydrogen-bond acceptors (Lipinski definition) is 3. The molecule has 2 aromatic carbocycles. The first-order valence-corrected chi connectivity index (χ1v) is 7.05. The summed E-state index contributed by atoms with van der Waals surface area (Å²) in [5.41, 5.74) is 2.93. The maximum absolute atomic E-state index is 6.12. The molecule has 104 valence electrons. The van der Waals surface area contributed by atoms with Crippen molar-refractivity contribution >= 4 is 17.3 Å². The summed E-state index contributed by atoms with van der Waals surface area (Å²) in [4.78, 5) is 8.75. The molecule has 4 heteroatoms. The van der Waals surface area contributed by atoms with Crippen molar-refractivity contribution < 1.29 is 0 Å².